The normalized spacial score (nSPS) is 12.2. The molecule has 2 aromatic rings. The first-order valence-electron chi connectivity index (χ1n) is 4.70. The Balaban J connectivity index is 2.05. The molecule has 1 aromatic carbocycles. The number of nitrogens with zero attached hydrogens (tertiary/aromatic N) is 1. The molecule has 0 bridgehead atoms. The van der Waals surface area contributed by atoms with Gasteiger partial charge in [0.05, 0.1) is 6.42 Å². The van der Waals surface area contributed by atoms with E-state index in [1.165, 1.54) is 0 Å². The van der Waals surface area contributed by atoms with Crippen LogP contribution >= 0.6 is 23.4 Å². The van der Waals surface area contributed by atoms with E-state index >= 15 is 0 Å². The van der Waals surface area contributed by atoms with Gasteiger partial charge in [-0.25, -0.2) is 4.98 Å². The lowest BCUT2D eigenvalue weighted by atomic mass is 10.3. The number of hydrogen-bond donors (Lipinski definition) is 0. The summed E-state index contributed by atoms with van der Waals surface area (Å²) in [6.07, 6.45) is -5.01. The molecule has 0 saturated heterocycles. The van der Waals surface area contributed by atoms with Crippen LogP contribution in [0.15, 0.2) is 27.8 Å². The van der Waals surface area contributed by atoms with Gasteiger partial charge in [0.1, 0.15) is 5.52 Å². The quantitative estimate of drug-likeness (QED) is 0.773. The standard InChI is InChI=1S/C10H7ClF3NOS/c11-6-1-2-8-7(5-6)15-9(16-8)17-4-3-10(12,13)14/h1-2,5H,3-4H2. The fourth-order valence-corrected chi connectivity index (χ4v) is 2.18. The first-order valence-corrected chi connectivity index (χ1v) is 6.06. The molecule has 0 atom stereocenters. The minimum absolute atomic E-state index is 0.107. The molecule has 17 heavy (non-hydrogen) atoms. The summed E-state index contributed by atoms with van der Waals surface area (Å²) in [6.45, 7) is 0. The Hall–Kier alpha value is -0.880. The monoisotopic (exact) mass is 281 g/mol. The lowest BCUT2D eigenvalue weighted by Gasteiger charge is -2.02. The molecule has 0 fully saturated rings. The number of hydrogen-bond acceptors (Lipinski definition) is 3. The van der Waals surface area contributed by atoms with E-state index in [1.807, 2.05) is 0 Å². The Bertz CT molecular complexity index is 526. The van der Waals surface area contributed by atoms with Crippen LogP contribution in [0.3, 0.4) is 0 Å². The van der Waals surface area contributed by atoms with Crippen molar-refractivity contribution < 1.29 is 17.6 Å². The van der Waals surface area contributed by atoms with E-state index in [0.717, 1.165) is 11.8 Å². The zero-order chi connectivity index (χ0) is 12.5. The molecule has 1 aromatic heterocycles. The molecule has 2 nitrogen and oxygen atoms in total. The second-order valence-corrected chi connectivity index (χ2v) is 4.79. The van der Waals surface area contributed by atoms with E-state index in [0.29, 0.717) is 16.1 Å². The second-order valence-electron chi connectivity index (χ2n) is 3.31. The predicted molar refractivity (Wildman–Crippen MR) is 60.4 cm³/mol. The Labute approximate surface area is 104 Å². The van der Waals surface area contributed by atoms with Gasteiger partial charge in [-0.1, -0.05) is 23.4 Å². The highest BCUT2D eigenvalue weighted by molar-refractivity contribution is 7.99. The molecule has 0 amide bonds. The topological polar surface area (TPSA) is 26.0 Å². The molecule has 92 valence electrons. The number of halogens is 4. The Morgan fingerprint density at radius 2 is 2.12 bits per heavy atom. The van der Waals surface area contributed by atoms with Gasteiger partial charge < -0.3 is 4.42 Å². The van der Waals surface area contributed by atoms with Crippen LogP contribution in [0.25, 0.3) is 11.1 Å². The van der Waals surface area contributed by atoms with Crippen LogP contribution in [0, 0.1) is 0 Å². The average Bonchev–Trinajstić information content (AvgIpc) is 2.57. The molecule has 0 N–H and O–H groups in total. The molecule has 7 heteroatoms. The molecule has 0 spiro atoms. The Kier molecular flexibility index (Phi) is 3.53. The summed E-state index contributed by atoms with van der Waals surface area (Å²) in [6, 6.07) is 4.88. The Morgan fingerprint density at radius 3 is 2.82 bits per heavy atom. The van der Waals surface area contributed by atoms with Crippen molar-refractivity contribution in [2.45, 2.75) is 17.8 Å². The lowest BCUT2D eigenvalue weighted by Crippen LogP contribution is -2.07. The molecule has 0 aliphatic heterocycles. The molecule has 0 radical (unpaired) electrons. The lowest BCUT2D eigenvalue weighted by molar-refractivity contribution is -0.129. The number of thioether (sulfide) groups is 1. The van der Waals surface area contributed by atoms with Gasteiger partial charge in [0, 0.05) is 10.8 Å². The summed E-state index contributed by atoms with van der Waals surface area (Å²) in [7, 11) is 0. The maximum atomic E-state index is 11.9. The van der Waals surface area contributed by atoms with E-state index in [2.05, 4.69) is 4.98 Å². The third kappa shape index (κ3) is 3.54. The van der Waals surface area contributed by atoms with E-state index in [4.69, 9.17) is 16.0 Å². The van der Waals surface area contributed by atoms with Crippen molar-refractivity contribution in [3.63, 3.8) is 0 Å². The van der Waals surface area contributed by atoms with E-state index < -0.39 is 12.6 Å². The zero-order valence-corrected chi connectivity index (χ0v) is 9.99. The fraction of sp³-hybridized carbons (Fsp3) is 0.300. The molecular formula is C10H7ClF3NOS. The van der Waals surface area contributed by atoms with Gasteiger partial charge in [-0.15, -0.1) is 0 Å². The van der Waals surface area contributed by atoms with Gasteiger partial charge in [0.25, 0.3) is 5.22 Å². The number of aromatic nitrogens is 1. The summed E-state index contributed by atoms with van der Waals surface area (Å²) in [5.41, 5.74) is 1.07. The van der Waals surface area contributed by atoms with E-state index in [9.17, 15) is 13.2 Å². The van der Waals surface area contributed by atoms with Crippen LogP contribution in [-0.4, -0.2) is 16.9 Å². The molecular weight excluding hydrogens is 275 g/mol. The number of alkyl halides is 3. The van der Waals surface area contributed by atoms with Crippen molar-refractivity contribution in [1.82, 2.24) is 4.98 Å². The first-order chi connectivity index (χ1) is 7.94. The van der Waals surface area contributed by atoms with Crippen molar-refractivity contribution in [3.05, 3.63) is 23.2 Å². The summed E-state index contributed by atoms with van der Waals surface area (Å²) < 4.78 is 41.1. The van der Waals surface area contributed by atoms with Crippen molar-refractivity contribution in [1.29, 1.82) is 0 Å². The zero-order valence-electron chi connectivity index (χ0n) is 8.42. The van der Waals surface area contributed by atoms with Crippen LogP contribution in [0.1, 0.15) is 6.42 Å². The smallest absolute Gasteiger partial charge is 0.389 e. The van der Waals surface area contributed by atoms with E-state index in [-0.39, 0.29) is 11.0 Å². The van der Waals surface area contributed by atoms with Gasteiger partial charge in [-0.2, -0.15) is 13.2 Å². The molecule has 0 unspecified atom stereocenters. The van der Waals surface area contributed by atoms with Crippen LogP contribution in [0.5, 0.6) is 0 Å². The SMILES string of the molecule is FC(F)(F)CCSc1nc2cc(Cl)ccc2o1. The summed E-state index contributed by atoms with van der Waals surface area (Å²) in [4.78, 5) is 4.04. The van der Waals surface area contributed by atoms with Crippen molar-refractivity contribution >= 4 is 34.5 Å². The van der Waals surface area contributed by atoms with Crippen LogP contribution in [0.2, 0.25) is 5.02 Å². The molecule has 0 aliphatic rings. The predicted octanol–water partition coefficient (Wildman–Crippen LogP) is 4.53. The second kappa shape index (κ2) is 4.78. The highest BCUT2D eigenvalue weighted by Crippen LogP contribution is 2.28. The maximum absolute atomic E-state index is 11.9. The maximum Gasteiger partial charge on any atom is 0.389 e. The fourth-order valence-electron chi connectivity index (χ4n) is 1.20. The van der Waals surface area contributed by atoms with Gasteiger partial charge in [0.2, 0.25) is 0 Å². The van der Waals surface area contributed by atoms with Crippen LogP contribution < -0.4 is 0 Å². The molecule has 2 rings (SSSR count). The number of oxazole rings is 1. The van der Waals surface area contributed by atoms with Crippen molar-refractivity contribution in [3.8, 4) is 0 Å². The van der Waals surface area contributed by atoms with Crippen molar-refractivity contribution in [2.24, 2.45) is 0 Å². The number of benzene rings is 1. The van der Waals surface area contributed by atoms with Crippen molar-refractivity contribution in [2.75, 3.05) is 5.75 Å². The minimum Gasteiger partial charge on any atom is -0.431 e. The van der Waals surface area contributed by atoms with Crippen LogP contribution in [-0.2, 0) is 0 Å². The largest absolute Gasteiger partial charge is 0.431 e. The summed E-state index contributed by atoms with van der Waals surface area (Å²) in [5.74, 6) is -0.107. The summed E-state index contributed by atoms with van der Waals surface area (Å²) in [5, 5.41) is 0.740. The van der Waals surface area contributed by atoms with Gasteiger partial charge in [0.15, 0.2) is 5.58 Å². The molecule has 1 heterocycles. The van der Waals surface area contributed by atoms with Crippen LogP contribution in [0.4, 0.5) is 13.2 Å². The third-order valence-corrected chi connectivity index (χ3v) is 3.01. The van der Waals surface area contributed by atoms with Gasteiger partial charge in [-0.3, -0.25) is 0 Å². The van der Waals surface area contributed by atoms with Gasteiger partial charge >= 0.3 is 6.18 Å². The molecule has 0 saturated carbocycles. The Morgan fingerprint density at radius 1 is 1.35 bits per heavy atom. The number of fused-ring (bicyclic) bond motifs is 1. The first kappa shape index (κ1) is 12.6. The highest BCUT2D eigenvalue weighted by Gasteiger charge is 2.26. The minimum atomic E-state index is -4.15. The number of rotatable bonds is 3. The van der Waals surface area contributed by atoms with Gasteiger partial charge in [-0.05, 0) is 18.2 Å². The average molecular weight is 282 g/mol. The molecule has 0 aliphatic carbocycles. The highest BCUT2D eigenvalue weighted by atomic mass is 35.5. The third-order valence-electron chi connectivity index (χ3n) is 1.94. The van der Waals surface area contributed by atoms with E-state index in [1.54, 1.807) is 18.2 Å². The summed E-state index contributed by atoms with van der Waals surface area (Å²) >= 11 is 6.69.